The van der Waals surface area contributed by atoms with Crippen molar-refractivity contribution in [3.63, 3.8) is 0 Å². The normalized spacial score (nSPS) is 12.7. The summed E-state index contributed by atoms with van der Waals surface area (Å²) in [5, 5.41) is 10.0. The van der Waals surface area contributed by atoms with Gasteiger partial charge in [0, 0.05) is 0 Å². The second-order valence-corrected chi connectivity index (χ2v) is 7.70. The van der Waals surface area contributed by atoms with E-state index in [2.05, 4.69) is 0 Å². The van der Waals surface area contributed by atoms with Crippen molar-refractivity contribution in [2.75, 3.05) is 11.5 Å². The molecular weight excluding hydrogens is 262 g/mol. The Morgan fingerprint density at radius 3 is 2.26 bits per heavy atom. The Labute approximate surface area is 115 Å². The van der Waals surface area contributed by atoms with Crippen molar-refractivity contribution >= 4 is 15.5 Å². The molecule has 0 atom stereocenters. The predicted molar refractivity (Wildman–Crippen MR) is 78.3 cm³/mol. The lowest BCUT2D eigenvalue weighted by Gasteiger charge is -2.27. The van der Waals surface area contributed by atoms with Crippen molar-refractivity contribution in [2.45, 2.75) is 51.3 Å². The molecule has 0 heterocycles. The molecule has 5 heteroatoms. The van der Waals surface area contributed by atoms with E-state index in [0.717, 1.165) is 17.5 Å². The first-order valence-electron chi connectivity index (χ1n) is 6.43. The molecule has 0 bridgehead atoms. The lowest BCUT2D eigenvalue weighted by Crippen LogP contribution is -2.19. The zero-order valence-electron chi connectivity index (χ0n) is 12.2. The van der Waals surface area contributed by atoms with Crippen LogP contribution in [0.15, 0.2) is 11.0 Å². The van der Waals surface area contributed by atoms with Crippen LogP contribution in [0.2, 0.25) is 0 Å². The summed E-state index contributed by atoms with van der Waals surface area (Å²) >= 11 is 0. The molecule has 19 heavy (non-hydrogen) atoms. The number of phenolic OH excluding ortho intramolecular Hbond substituents is 1. The van der Waals surface area contributed by atoms with E-state index in [4.69, 9.17) is 5.73 Å². The summed E-state index contributed by atoms with van der Waals surface area (Å²) in [5.74, 6) is -0.385. The minimum atomic E-state index is -3.49. The molecule has 1 aromatic rings. The van der Waals surface area contributed by atoms with Crippen LogP contribution in [0.25, 0.3) is 0 Å². The van der Waals surface area contributed by atoms with E-state index in [1.807, 2.05) is 27.7 Å². The van der Waals surface area contributed by atoms with Crippen molar-refractivity contribution in [3.05, 3.63) is 17.2 Å². The van der Waals surface area contributed by atoms with E-state index in [0.29, 0.717) is 0 Å². The Hall–Kier alpha value is -1.23. The maximum Gasteiger partial charge on any atom is 0.181 e. The second kappa shape index (κ2) is 5.04. The fraction of sp³-hybridized carbons (Fsp3) is 0.571. The summed E-state index contributed by atoms with van der Waals surface area (Å²) in [6.07, 6.45) is 0.851. The minimum Gasteiger partial charge on any atom is -0.504 e. The average molecular weight is 285 g/mol. The number of benzene rings is 1. The molecule has 0 radical (unpaired) electrons. The zero-order chi connectivity index (χ0) is 15.0. The van der Waals surface area contributed by atoms with Crippen LogP contribution < -0.4 is 5.73 Å². The number of phenols is 1. The Morgan fingerprint density at radius 1 is 1.32 bits per heavy atom. The summed E-state index contributed by atoms with van der Waals surface area (Å²) in [5.41, 5.74) is 7.46. The summed E-state index contributed by atoms with van der Waals surface area (Å²) in [6.45, 7) is 9.47. The Kier molecular flexibility index (Phi) is 4.20. The number of nitrogen functional groups attached to an aromatic ring is 1. The highest BCUT2D eigenvalue weighted by Crippen LogP contribution is 2.40. The lowest BCUT2D eigenvalue weighted by atomic mass is 9.79. The summed E-state index contributed by atoms with van der Waals surface area (Å²) in [6, 6.07) is 1.57. The van der Waals surface area contributed by atoms with E-state index in [1.165, 1.54) is 0 Å². The highest BCUT2D eigenvalue weighted by atomic mass is 32.2. The molecule has 0 unspecified atom stereocenters. The van der Waals surface area contributed by atoms with Gasteiger partial charge in [-0.15, -0.1) is 0 Å². The van der Waals surface area contributed by atoms with E-state index < -0.39 is 9.84 Å². The second-order valence-electron chi connectivity index (χ2n) is 5.45. The quantitative estimate of drug-likeness (QED) is 0.658. The van der Waals surface area contributed by atoms with Gasteiger partial charge in [-0.2, -0.15) is 0 Å². The smallest absolute Gasteiger partial charge is 0.181 e. The molecule has 0 aliphatic carbocycles. The molecule has 1 rings (SSSR count). The third-order valence-electron chi connectivity index (χ3n) is 3.90. The van der Waals surface area contributed by atoms with Crippen LogP contribution in [0.1, 0.15) is 45.2 Å². The van der Waals surface area contributed by atoms with E-state index in [9.17, 15) is 13.5 Å². The Morgan fingerprint density at radius 2 is 1.84 bits per heavy atom. The minimum absolute atomic E-state index is 0.0605. The van der Waals surface area contributed by atoms with E-state index in [-0.39, 0.29) is 27.5 Å². The van der Waals surface area contributed by atoms with E-state index in [1.54, 1.807) is 13.0 Å². The molecule has 0 saturated heterocycles. The number of hydrogen-bond acceptors (Lipinski definition) is 4. The zero-order valence-corrected chi connectivity index (χ0v) is 13.1. The van der Waals surface area contributed by atoms with Crippen LogP contribution in [-0.4, -0.2) is 19.3 Å². The van der Waals surface area contributed by atoms with Gasteiger partial charge in [0.25, 0.3) is 0 Å². The monoisotopic (exact) mass is 285 g/mol. The maximum absolute atomic E-state index is 12.0. The molecule has 4 nitrogen and oxygen atoms in total. The van der Waals surface area contributed by atoms with Crippen LogP contribution in [0.3, 0.4) is 0 Å². The molecule has 1 aromatic carbocycles. The van der Waals surface area contributed by atoms with Gasteiger partial charge in [0.2, 0.25) is 0 Å². The van der Waals surface area contributed by atoms with Crippen molar-refractivity contribution < 1.29 is 13.5 Å². The fourth-order valence-electron chi connectivity index (χ4n) is 2.05. The number of aromatic hydroxyl groups is 1. The number of nitrogens with two attached hydrogens (primary N) is 1. The van der Waals surface area contributed by atoms with Crippen molar-refractivity contribution in [1.82, 2.24) is 0 Å². The molecule has 3 N–H and O–H groups in total. The van der Waals surface area contributed by atoms with Crippen molar-refractivity contribution in [1.29, 1.82) is 0 Å². The van der Waals surface area contributed by atoms with Gasteiger partial charge in [-0.1, -0.05) is 27.7 Å². The Balaban J connectivity index is 3.72. The van der Waals surface area contributed by atoms with Crippen LogP contribution in [0.4, 0.5) is 5.69 Å². The number of sulfone groups is 1. The summed E-state index contributed by atoms with van der Waals surface area (Å²) in [7, 11) is -3.49. The van der Waals surface area contributed by atoms with Crippen LogP contribution in [0.5, 0.6) is 5.75 Å². The summed E-state index contributed by atoms with van der Waals surface area (Å²) < 4.78 is 24.1. The van der Waals surface area contributed by atoms with Gasteiger partial charge in [-0.25, -0.2) is 8.42 Å². The number of anilines is 1. The number of rotatable bonds is 4. The molecule has 108 valence electrons. The molecule has 0 saturated carbocycles. The maximum atomic E-state index is 12.0. The van der Waals surface area contributed by atoms with E-state index >= 15 is 0 Å². The summed E-state index contributed by atoms with van der Waals surface area (Å²) in [4.78, 5) is -0.0605. The van der Waals surface area contributed by atoms with Gasteiger partial charge in [0.1, 0.15) is 4.90 Å². The van der Waals surface area contributed by atoms with Crippen molar-refractivity contribution in [3.8, 4) is 5.75 Å². The van der Waals surface area contributed by atoms with Gasteiger partial charge in [-0.05, 0) is 36.0 Å². The number of hydrogen-bond donors (Lipinski definition) is 2. The first-order valence-corrected chi connectivity index (χ1v) is 8.09. The average Bonchev–Trinajstić information content (AvgIpc) is 2.35. The molecule has 0 aliphatic rings. The van der Waals surface area contributed by atoms with Gasteiger partial charge < -0.3 is 10.8 Å². The predicted octanol–water partition coefficient (Wildman–Crippen LogP) is 2.76. The third-order valence-corrected chi connectivity index (χ3v) is 5.64. The van der Waals surface area contributed by atoms with Gasteiger partial charge in [0.15, 0.2) is 15.6 Å². The highest BCUT2D eigenvalue weighted by Gasteiger charge is 2.28. The SMILES string of the molecule is CCC(C)(C)c1cc(S(=O)(=O)CC)c(O)c(N)c1C. The van der Waals surface area contributed by atoms with Crippen LogP contribution in [-0.2, 0) is 15.3 Å². The van der Waals surface area contributed by atoms with Gasteiger partial charge >= 0.3 is 0 Å². The van der Waals surface area contributed by atoms with Crippen LogP contribution in [0, 0.1) is 6.92 Å². The molecule has 0 amide bonds. The van der Waals surface area contributed by atoms with Gasteiger partial charge in [-0.3, -0.25) is 0 Å². The van der Waals surface area contributed by atoms with Gasteiger partial charge in [0.05, 0.1) is 11.4 Å². The lowest BCUT2D eigenvalue weighted by molar-refractivity contribution is 0.456. The molecule has 0 fully saturated rings. The largest absolute Gasteiger partial charge is 0.504 e. The highest BCUT2D eigenvalue weighted by molar-refractivity contribution is 7.91. The third kappa shape index (κ3) is 2.71. The molecular formula is C14H23NO3S. The first-order chi connectivity index (χ1) is 8.58. The first kappa shape index (κ1) is 15.8. The molecule has 0 spiro atoms. The van der Waals surface area contributed by atoms with Crippen LogP contribution >= 0.6 is 0 Å². The fourth-order valence-corrected chi connectivity index (χ4v) is 3.06. The molecule has 0 aromatic heterocycles. The molecule has 0 aliphatic heterocycles. The standard InChI is InChI=1S/C14H23NO3S/c1-6-14(4,5)10-8-11(19(17,18)7-2)13(16)12(15)9(10)3/h8,16H,6-7,15H2,1-5H3. The Bertz CT molecular complexity index is 589. The van der Waals surface area contributed by atoms with Crippen molar-refractivity contribution in [2.24, 2.45) is 0 Å². The topological polar surface area (TPSA) is 80.4 Å².